The minimum atomic E-state index is -0.632. The Morgan fingerprint density at radius 1 is 1.23 bits per heavy atom. The summed E-state index contributed by atoms with van der Waals surface area (Å²) in [5.41, 5.74) is 2.20. The lowest BCUT2D eigenvalue weighted by molar-refractivity contribution is 0.0473. The molecular weight excluding hydrogens is 322 g/mol. The summed E-state index contributed by atoms with van der Waals surface area (Å²) in [6, 6.07) is 3.55. The van der Waals surface area contributed by atoms with Gasteiger partial charge in [0.1, 0.15) is 5.15 Å². The van der Waals surface area contributed by atoms with Crippen molar-refractivity contribution in [2.24, 2.45) is 0 Å². The van der Waals surface area contributed by atoms with Crippen LogP contribution in [0, 0.1) is 27.7 Å². The van der Waals surface area contributed by atoms with Gasteiger partial charge in [-0.2, -0.15) is 0 Å². The molecule has 0 unspecified atom stereocenters. The second-order valence-electron chi connectivity index (χ2n) is 5.07. The largest absolute Gasteiger partial charge is 0.454 e. The smallest absolute Gasteiger partial charge is 0.342 e. The lowest BCUT2D eigenvalue weighted by Crippen LogP contribution is -2.16. The SMILES string of the molecule is Cc1cc(C)c(C(=O)OCC(=O)c2cc(C)sc2C)c(Cl)n1. The van der Waals surface area contributed by atoms with Crippen LogP contribution in [-0.4, -0.2) is 23.3 Å². The third kappa shape index (κ3) is 3.54. The van der Waals surface area contributed by atoms with Crippen molar-refractivity contribution in [3.05, 3.63) is 49.4 Å². The molecule has 0 atom stereocenters. The molecule has 6 heteroatoms. The van der Waals surface area contributed by atoms with Gasteiger partial charge in [0, 0.05) is 21.0 Å². The van der Waals surface area contributed by atoms with Gasteiger partial charge in [0.25, 0.3) is 0 Å². The fourth-order valence-electron chi connectivity index (χ4n) is 2.23. The Kier molecular flexibility index (Phi) is 4.98. The van der Waals surface area contributed by atoms with Crippen molar-refractivity contribution in [2.75, 3.05) is 6.61 Å². The molecule has 0 fully saturated rings. The maximum Gasteiger partial charge on any atom is 0.342 e. The van der Waals surface area contributed by atoms with E-state index < -0.39 is 5.97 Å². The first-order chi connectivity index (χ1) is 10.3. The highest BCUT2D eigenvalue weighted by molar-refractivity contribution is 7.12. The third-order valence-electron chi connectivity index (χ3n) is 3.18. The number of ether oxygens (including phenoxy) is 1. The Bertz CT molecular complexity index is 729. The zero-order valence-electron chi connectivity index (χ0n) is 12.8. The molecule has 2 aromatic heterocycles. The molecule has 0 amide bonds. The average Bonchev–Trinajstić information content (AvgIpc) is 2.74. The van der Waals surface area contributed by atoms with Crippen LogP contribution >= 0.6 is 22.9 Å². The quantitative estimate of drug-likeness (QED) is 0.479. The third-order valence-corrected chi connectivity index (χ3v) is 4.42. The standard InChI is InChI=1S/C16H16ClNO3S/c1-8-5-9(2)18-15(17)14(8)16(20)21-7-13(19)12-6-10(3)22-11(12)4/h5-6H,7H2,1-4H3. The Labute approximate surface area is 138 Å². The van der Waals surface area contributed by atoms with Crippen molar-refractivity contribution in [2.45, 2.75) is 27.7 Å². The van der Waals surface area contributed by atoms with Gasteiger partial charge in [0.05, 0.1) is 5.56 Å². The van der Waals surface area contributed by atoms with Crippen LogP contribution in [0.3, 0.4) is 0 Å². The summed E-state index contributed by atoms with van der Waals surface area (Å²) < 4.78 is 5.10. The van der Waals surface area contributed by atoms with Crippen LogP contribution in [-0.2, 0) is 4.74 Å². The highest BCUT2D eigenvalue weighted by Crippen LogP contribution is 2.22. The molecule has 0 aliphatic heterocycles. The Morgan fingerprint density at radius 3 is 2.45 bits per heavy atom. The highest BCUT2D eigenvalue weighted by atomic mass is 35.5. The summed E-state index contributed by atoms with van der Waals surface area (Å²) in [4.78, 5) is 30.3. The van der Waals surface area contributed by atoms with E-state index in [0.717, 1.165) is 15.4 Å². The summed E-state index contributed by atoms with van der Waals surface area (Å²) >= 11 is 7.54. The van der Waals surface area contributed by atoms with Crippen molar-refractivity contribution >= 4 is 34.7 Å². The van der Waals surface area contributed by atoms with E-state index in [9.17, 15) is 9.59 Å². The van der Waals surface area contributed by atoms with Gasteiger partial charge < -0.3 is 4.74 Å². The Morgan fingerprint density at radius 2 is 1.91 bits per heavy atom. The monoisotopic (exact) mass is 337 g/mol. The van der Waals surface area contributed by atoms with Crippen LogP contribution in [0.2, 0.25) is 5.15 Å². The van der Waals surface area contributed by atoms with Crippen LogP contribution in [0.1, 0.15) is 41.7 Å². The number of aryl methyl sites for hydroxylation is 4. The topological polar surface area (TPSA) is 56.3 Å². The number of Topliss-reactive ketones (excluding diaryl/α,β-unsaturated/α-hetero) is 1. The normalized spacial score (nSPS) is 10.6. The first kappa shape index (κ1) is 16.6. The molecule has 116 valence electrons. The zero-order valence-corrected chi connectivity index (χ0v) is 14.4. The van der Waals surface area contributed by atoms with Gasteiger partial charge in [-0.25, -0.2) is 9.78 Å². The molecule has 0 spiro atoms. The summed E-state index contributed by atoms with van der Waals surface area (Å²) in [6.07, 6.45) is 0. The summed E-state index contributed by atoms with van der Waals surface area (Å²) in [6.45, 7) is 7.04. The highest BCUT2D eigenvalue weighted by Gasteiger charge is 2.19. The van der Waals surface area contributed by atoms with E-state index in [0.29, 0.717) is 11.1 Å². The van der Waals surface area contributed by atoms with Crippen molar-refractivity contribution in [1.29, 1.82) is 0 Å². The van der Waals surface area contributed by atoms with Gasteiger partial charge >= 0.3 is 5.97 Å². The fraction of sp³-hybridized carbons (Fsp3) is 0.312. The number of thiophene rings is 1. The summed E-state index contributed by atoms with van der Waals surface area (Å²) in [5, 5.41) is 0.0949. The van der Waals surface area contributed by atoms with E-state index >= 15 is 0 Å². The fourth-order valence-corrected chi connectivity index (χ4v) is 3.53. The number of halogens is 1. The Balaban J connectivity index is 2.11. The molecule has 0 radical (unpaired) electrons. The van der Waals surface area contributed by atoms with E-state index in [1.165, 1.54) is 0 Å². The molecule has 4 nitrogen and oxygen atoms in total. The maximum atomic E-state index is 12.1. The molecular formula is C16H16ClNO3S. The number of carbonyl (C=O) groups is 2. The Hall–Kier alpha value is -1.72. The van der Waals surface area contributed by atoms with Crippen LogP contribution in [0.15, 0.2) is 12.1 Å². The number of aromatic nitrogens is 1. The second kappa shape index (κ2) is 6.58. The molecule has 0 N–H and O–H groups in total. The number of ketones is 1. The van der Waals surface area contributed by atoms with Gasteiger partial charge in [-0.05, 0) is 45.4 Å². The molecule has 2 heterocycles. The lowest BCUT2D eigenvalue weighted by atomic mass is 10.1. The molecule has 0 saturated heterocycles. The predicted molar refractivity (Wildman–Crippen MR) is 87.1 cm³/mol. The minimum Gasteiger partial charge on any atom is -0.454 e. The van der Waals surface area contributed by atoms with E-state index in [4.69, 9.17) is 16.3 Å². The van der Waals surface area contributed by atoms with E-state index in [1.54, 1.807) is 31.3 Å². The van der Waals surface area contributed by atoms with Gasteiger partial charge in [-0.15, -0.1) is 11.3 Å². The van der Waals surface area contributed by atoms with E-state index in [2.05, 4.69) is 4.98 Å². The summed E-state index contributed by atoms with van der Waals surface area (Å²) in [7, 11) is 0. The van der Waals surface area contributed by atoms with Crippen LogP contribution in [0.5, 0.6) is 0 Å². The van der Waals surface area contributed by atoms with Gasteiger partial charge in [0.15, 0.2) is 6.61 Å². The molecule has 0 bridgehead atoms. The second-order valence-corrected chi connectivity index (χ2v) is 6.89. The number of rotatable bonds is 4. The molecule has 0 aromatic carbocycles. The molecule has 22 heavy (non-hydrogen) atoms. The number of esters is 1. The zero-order chi connectivity index (χ0) is 16.4. The first-order valence-electron chi connectivity index (χ1n) is 6.70. The number of nitrogens with zero attached hydrogens (tertiary/aromatic N) is 1. The number of hydrogen-bond donors (Lipinski definition) is 0. The van der Waals surface area contributed by atoms with Crippen LogP contribution in [0.4, 0.5) is 0 Å². The van der Waals surface area contributed by atoms with Gasteiger partial charge in [0.2, 0.25) is 5.78 Å². The molecule has 2 aromatic rings. The van der Waals surface area contributed by atoms with E-state index in [-0.39, 0.29) is 23.1 Å². The predicted octanol–water partition coefficient (Wildman–Crippen LogP) is 4.07. The molecule has 2 rings (SSSR count). The number of hydrogen-bond acceptors (Lipinski definition) is 5. The maximum absolute atomic E-state index is 12.1. The number of pyridine rings is 1. The summed E-state index contributed by atoms with van der Waals surface area (Å²) in [5.74, 6) is -0.850. The van der Waals surface area contributed by atoms with Crippen molar-refractivity contribution in [3.8, 4) is 0 Å². The van der Waals surface area contributed by atoms with Crippen molar-refractivity contribution in [1.82, 2.24) is 4.98 Å². The minimum absolute atomic E-state index is 0.0949. The molecule has 0 saturated carbocycles. The van der Waals surface area contributed by atoms with Crippen LogP contribution in [0.25, 0.3) is 0 Å². The molecule has 0 aliphatic carbocycles. The van der Waals surface area contributed by atoms with Gasteiger partial charge in [-0.3, -0.25) is 4.79 Å². The van der Waals surface area contributed by atoms with Crippen molar-refractivity contribution in [3.63, 3.8) is 0 Å². The number of carbonyl (C=O) groups excluding carboxylic acids is 2. The average molecular weight is 338 g/mol. The molecule has 0 aliphatic rings. The van der Waals surface area contributed by atoms with E-state index in [1.807, 2.05) is 19.9 Å². The lowest BCUT2D eigenvalue weighted by Gasteiger charge is -2.09. The van der Waals surface area contributed by atoms with Gasteiger partial charge in [-0.1, -0.05) is 11.6 Å². The first-order valence-corrected chi connectivity index (χ1v) is 7.90. The van der Waals surface area contributed by atoms with Crippen LogP contribution < -0.4 is 0 Å². The van der Waals surface area contributed by atoms with Crippen molar-refractivity contribution < 1.29 is 14.3 Å².